The normalized spacial score (nSPS) is 12.6. The molecule has 156 valence electrons. The molecule has 2 nitrogen and oxygen atoms in total. The average molecular weight is 399 g/mol. The predicted molar refractivity (Wildman–Crippen MR) is 133 cm³/mol. The molecule has 0 aromatic heterocycles. The molecular weight excluding hydrogens is 364 g/mol. The van der Waals surface area contributed by atoms with Crippen molar-refractivity contribution in [1.82, 2.24) is 0 Å². The quantitative estimate of drug-likeness (QED) is 0.260. The van der Waals surface area contributed by atoms with E-state index in [1.54, 1.807) is 0 Å². The molecule has 0 saturated heterocycles. The van der Waals surface area contributed by atoms with Crippen LogP contribution in [0.5, 0.6) is 0 Å². The van der Waals surface area contributed by atoms with E-state index in [2.05, 4.69) is 100 Å². The topological polar surface area (TPSA) is 27.1 Å². The fourth-order valence-electron chi connectivity index (χ4n) is 3.22. The van der Waals surface area contributed by atoms with Gasteiger partial charge in [0.2, 0.25) is 0 Å². The Morgan fingerprint density at radius 1 is 0.833 bits per heavy atom. The largest absolute Gasteiger partial charge is 0.312 e. The lowest BCUT2D eigenvalue weighted by Crippen LogP contribution is -2.19. The van der Waals surface area contributed by atoms with E-state index in [1.807, 2.05) is 31.2 Å². The summed E-state index contributed by atoms with van der Waals surface area (Å²) in [5, 5.41) is 7.71. The first-order chi connectivity index (χ1) is 14.2. The summed E-state index contributed by atoms with van der Waals surface area (Å²) >= 11 is 0. The van der Waals surface area contributed by atoms with E-state index in [4.69, 9.17) is 5.41 Å². The number of anilines is 2. The Hall–Kier alpha value is -3.13. The minimum absolute atomic E-state index is 0.0769. The van der Waals surface area contributed by atoms with Crippen molar-refractivity contribution >= 4 is 17.6 Å². The Bertz CT molecular complexity index is 876. The van der Waals surface area contributed by atoms with Crippen LogP contribution in [0.4, 0.5) is 11.4 Å². The molecule has 0 spiro atoms. The molecule has 0 aliphatic carbocycles. The van der Waals surface area contributed by atoms with Gasteiger partial charge in [0.15, 0.2) is 0 Å². The van der Waals surface area contributed by atoms with Crippen molar-refractivity contribution in [2.45, 2.75) is 45.4 Å². The lowest BCUT2D eigenvalue weighted by atomic mass is 9.85. The second-order valence-corrected chi connectivity index (χ2v) is 8.55. The van der Waals surface area contributed by atoms with E-state index in [0.717, 1.165) is 22.6 Å². The second-order valence-electron chi connectivity index (χ2n) is 8.55. The molecule has 0 saturated carbocycles. The molecule has 0 fully saturated rings. The summed E-state index contributed by atoms with van der Waals surface area (Å²) in [6, 6.07) is 17.1. The van der Waals surface area contributed by atoms with Gasteiger partial charge in [0.1, 0.15) is 0 Å². The molecule has 0 aliphatic rings. The Labute approximate surface area is 182 Å². The number of nitrogens with zero attached hydrogens (tertiary/aromatic N) is 1. The van der Waals surface area contributed by atoms with Crippen LogP contribution in [0.15, 0.2) is 97.8 Å². The van der Waals surface area contributed by atoms with Crippen molar-refractivity contribution in [2.75, 3.05) is 4.90 Å². The van der Waals surface area contributed by atoms with Crippen molar-refractivity contribution in [3.05, 3.63) is 109 Å². The van der Waals surface area contributed by atoms with E-state index < -0.39 is 0 Å². The van der Waals surface area contributed by atoms with Gasteiger partial charge in [0, 0.05) is 34.1 Å². The van der Waals surface area contributed by atoms with Crippen LogP contribution in [-0.4, -0.2) is 6.21 Å². The molecule has 30 heavy (non-hydrogen) atoms. The zero-order valence-electron chi connectivity index (χ0n) is 18.9. The van der Waals surface area contributed by atoms with Gasteiger partial charge in [-0.2, -0.15) is 0 Å². The summed E-state index contributed by atoms with van der Waals surface area (Å²) in [7, 11) is 0. The summed E-state index contributed by atoms with van der Waals surface area (Å²) in [4.78, 5) is 2.22. The highest BCUT2D eigenvalue weighted by molar-refractivity contribution is 5.73. The number of hydrogen-bond acceptors (Lipinski definition) is 2. The summed E-state index contributed by atoms with van der Waals surface area (Å²) in [6.07, 6.45) is 11.4. The molecule has 0 atom stereocenters. The van der Waals surface area contributed by atoms with Crippen molar-refractivity contribution in [2.24, 2.45) is 0 Å². The van der Waals surface area contributed by atoms with E-state index in [9.17, 15) is 0 Å². The Morgan fingerprint density at radius 2 is 1.30 bits per heavy atom. The van der Waals surface area contributed by atoms with E-state index in [1.165, 1.54) is 11.8 Å². The number of allylic oxidation sites excluding steroid dienone is 5. The van der Waals surface area contributed by atoms with Crippen molar-refractivity contribution < 1.29 is 0 Å². The molecule has 1 N–H and O–H groups in total. The van der Waals surface area contributed by atoms with Crippen molar-refractivity contribution in [1.29, 1.82) is 5.41 Å². The minimum atomic E-state index is -0.287. The van der Waals surface area contributed by atoms with Crippen LogP contribution in [0.2, 0.25) is 0 Å². The Kier molecular flexibility index (Phi) is 7.39. The average Bonchev–Trinajstić information content (AvgIpc) is 2.75. The number of hydrogen-bond donors (Lipinski definition) is 1. The third-order valence-corrected chi connectivity index (χ3v) is 5.49. The van der Waals surface area contributed by atoms with Crippen LogP contribution in [0.3, 0.4) is 0 Å². The van der Waals surface area contributed by atoms with E-state index in [-0.39, 0.29) is 10.8 Å². The lowest BCUT2D eigenvalue weighted by molar-refractivity contribution is 0.672. The molecule has 0 heterocycles. The van der Waals surface area contributed by atoms with Gasteiger partial charge in [-0.05, 0) is 54.5 Å². The SMILES string of the molecule is C=C/C=C(\C=C/C)N(c1ccc(C(C)(C)C=C)cc1)c1ccc(C(C)(C)C=N)cc1. The maximum Gasteiger partial charge on any atom is 0.0461 e. The maximum atomic E-state index is 7.71. The molecule has 2 aromatic carbocycles. The van der Waals surface area contributed by atoms with Crippen LogP contribution in [0, 0.1) is 5.41 Å². The van der Waals surface area contributed by atoms with Gasteiger partial charge in [-0.25, -0.2) is 0 Å². The molecule has 2 heteroatoms. The summed E-state index contributed by atoms with van der Waals surface area (Å²) in [5.74, 6) is 0. The Morgan fingerprint density at radius 3 is 1.67 bits per heavy atom. The third kappa shape index (κ3) is 5.07. The summed E-state index contributed by atoms with van der Waals surface area (Å²) in [6.45, 7) is 18.3. The fourth-order valence-corrected chi connectivity index (χ4v) is 3.22. The molecule has 0 bridgehead atoms. The number of benzene rings is 2. The van der Waals surface area contributed by atoms with Crippen LogP contribution in [-0.2, 0) is 10.8 Å². The van der Waals surface area contributed by atoms with Gasteiger partial charge in [-0.15, -0.1) is 6.58 Å². The number of rotatable bonds is 9. The van der Waals surface area contributed by atoms with E-state index >= 15 is 0 Å². The standard InChI is InChI=1S/C28H34N2/c1-8-11-24(12-9-2)30(25-17-13-22(14-18-25)27(4,5)10-3)26-19-15-23(16-20-26)28(6,7)21-29/h8-21,29H,1,3H2,2,4-7H3/b12-9-,24-11+,29-21?. The zero-order valence-corrected chi connectivity index (χ0v) is 18.9. The highest BCUT2D eigenvalue weighted by atomic mass is 15.1. The lowest BCUT2D eigenvalue weighted by Gasteiger charge is -2.28. The smallest absolute Gasteiger partial charge is 0.0461 e. The minimum Gasteiger partial charge on any atom is -0.312 e. The first-order valence-corrected chi connectivity index (χ1v) is 10.3. The van der Waals surface area contributed by atoms with Crippen LogP contribution >= 0.6 is 0 Å². The molecule has 2 rings (SSSR count). The molecule has 0 radical (unpaired) electrons. The van der Waals surface area contributed by atoms with Gasteiger partial charge in [0.25, 0.3) is 0 Å². The fraction of sp³-hybridized carbons (Fsp3) is 0.250. The van der Waals surface area contributed by atoms with Gasteiger partial charge >= 0.3 is 0 Å². The molecule has 0 aliphatic heterocycles. The van der Waals surface area contributed by atoms with Crippen LogP contribution in [0.1, 0.15) is 45.7 Å². The van der Waals surface area contributed by atoms with Gasteiger partial charge in [-0.3, -0.25) is 0 Å². The van der Waals surface area contributed by atoms with E-state index in [0.29, 0.717) is 0 Å². The third-order valence-electron chi connectivity index (χ3n) is 5.49. The van der Waals surface area contributed by atoms with Gasteiger partial charge in [-0.1, -0.05) is 76.8 Å². The summed E-state index contributed by atoms with van der Waals surface area (Å²) in [5.41, 5.74) is 5.14. The first kappa shape index (κ1) is 23.2. The monoisotopic (exact) mass is 398 g/mol. The Balaban J connectivity index is 2.59. The predicted octanol–water partition coefficient (Wildman–Crippen LogP) is 7.86. The molecule has 0 amide bonds. The van der Waals surface area contributed by atoms with Crippen molar-refractivity contribution in [3.8, 4) is 0 Å². The first-order valence-electron chi connectivity index (χ1n) is 10.3. The maximum absolute atomic E-state index is 7.71. The number of nitrogens with one attached hydrogen (secondary N) is 1. The van der Waals surface area contributed by atoms with Crippen LogP contribution < -0.4 is 4.90 Å². The highest BCUT2D eigenvalue weighted by Gasteiger charge is 2.20. The van der Waals surface area contributed by atoms with Gasteiger partial charge < -0.3 is 10.3 Å². The highest BCUT2D eigenvalue weighted by Crippen LogP contribution is 2.34. The molecule has 2 aromatic rings. The molecular formula is C28H34N2. The van der Waals surface area contributed by atoms with Crippen LogP contribution in [0.25, 0.3) is 0 Å². The van der Waals surface area contributed by atoms with Gasteiger partial charge in [0.05, 0.1) is 0 Å². The second kappa shape index (κ2) is 9.58. The van der Waals surface area contributed by atoms with Crippen molar-refractivity contribution in [3.63, 3.8) is 0 Å². The summed E-state index contributed by atoms with van der Waals surface area (Å²) < 4.78 is 0. The zero-order chi connectivity index (χ0) is 22.4. The molecule has 0 unspecified atom stereocenters.